The second kappa shape index (κ2) is 4.67. The first kappa shape index (κ1) is 11.3. The first-order chi connectivity index (χ1) is 7.00. The Morgan fingerprint density at radius 3 is 2.27 bits per heavy atom. The van der Waals surface area contributed by atoms with Gasteiger partial charge in [-0.25, -0.2) is 9.59 Å². The molecule has 15 heavy (non-hydrogen) atoms. The van der Waals surface area contributed by atoms with Crippen molar-refractivity contribution in [2.45, 2.75) is 0 Å². The van der Waals surface area contributed by atoms with Gasteiger partial charge in [-0.15, -0.1) is 0 Å². The summed E-state index contributed by atoms with van der Waals surface area (Å²) in [6, 6.07) is 5.43. The number of hydrogen-bond donors (Lipinski definition) is 3. The zero-order chi connectivity index (χ0) is 11.4. The molecule has 0 radical (unpaired) electrons. The SMILES string of the molecule is NC(=O)[S+]([O-])Nc1ccc(C(=O)O)cc1. The molecular formula is C8H8N2O4S. The van der Waals surface area contributed by atoms with Crippen LogP contribution in [0.5, 0.6) is 0 Å². The Morgan fingerprint density at radius 2 is 1.87 bits per heavy atom. The van der Waals surface area contributed by atoms with E-state index in [1.165, 1.54) is 24.3 Å². The molecule has 0 aromatic heterocycles. The highest BCUT2D eigenvalue weighted by atomic mass is 32.2. The molecule has 0 aliphatic rings. The van der Waals surface area contributed by atoms with Crippen molar-refractivity contribution in [1.82, 2.24) is 0 Å². The molecule has 80 valence electrons. The van der Waals surface area contributed by atoms with Gasteiger partial charge in [0.25, 0.3) is 0 Å². The number of carboxylic acids is 1. The average Bonchev–Trinajstić information content (AvgIpc) is 2.18. The minimum Gasteiger partial charge on any atom is -0.584 e. The van der Waals surface area contributed by atoms with E-state index in [1.807, 2.05) is 0 Å². The van der Waals surface area contributed by atoms with Crippen molar-refractivity contribution >= 4 is 28.3 Å². The Balaban J connectivity index is 2.72. The predicted octanol–water partition coefficient (Wildman–Crippen LogP) is 0.539. The number of nitrogens with two attached hydrogens (primary N) is 1. The average molecular weight is 228 g/mol. The molecular weight excluding hydrogens is 220 g/mol. The van der Waals surface area contributed by atoms with Gasteiger partial charge in [-0.1, -0.05) is 0 Å². The normalized spacial score (nSPS) is 11.8. The summed E-state index contributed by atoms with van der Waals surface area (Å²) in [5, 5.41) is 7.60. The second-order valence-corrected chi connectivity index (χ2v) is 3.72. The highest BCUT2D eigenvalue weighted by Crippen LogP contribution is 2.11. The lowest BCUT2D eigenvalue weighted by Gasteiger charge is -2.06. The van der Waals surface area contributed by atoms with Crippen LogP contribution in [0.15, 0.2) is 24.3 Å². The van der Waals surface area contributed by atoms with E-state index >= 15 is 0 Å². The molecule has 0 saturated carbocycles. The van der Waals surface area contributed by atoms with Crippen LogP contribution in [0.3, 0.4) is 0 Å². The molecule has 0 bridgehead atoms. The Bertz CT molecular complexity index is 379. The molecule has 0 heterocycles. The lowest BCUT2D eigenvalue weighted by atomic mass is 10.2. The van der Waals surface area contributed by atoms with Crippen LogP contribution in [0.25, 0.3) is 0 Å². The van der Waals surface area contributed by atoms with Crippen LogP contribution in [-0.4, -0.2) is 20.9 Å². The number of primary amides is 1. The molecule has 1 unspecified atom stereocenters. The lowest BCUT2D eigenvalue weighted by Crippen LogP contribution is -2.28. The van der Waals surface area contributed by atoms with E-state index in [4.69, 9.17) is 10.8 Å². The zero-order valence-electron chi connectivity index (χ0n) is 7.47. The fraction of sp³-hybridized carbons (Fsp3) is 0. The third-order valence-electron chi connectivity index (χ3n) is 1.53. The minimum absolute atomic E-state index is 0.102. The van der Waals surface area contributed by atoms with Gasteiger partial charge in [0, 0.05) is 0 Å². The van der Waals surface area contributed by atoms with E-state index in [2.05, 4.69) is 4.72 Å². The number of anilines is 1. The van der Waals surface area contributed by atoms with Crippen LogP contribution in [0, 0.1) is 0 Å². The van der Waals surface area contributed by atoms with Gasteiger partial charge in [0.2, 0.25) is 0 Å². The molecule has 0 spiro atoms. The standard InChI is InChI=1S/C8H8N2O4S/c9-8(13)15(14)10-6-3-1-5(2-4-6)7(11)12/h1-4,10H,(H2,9,13)(H,11,12). The number of carboxylic acid groups (broad SMARTS) is 1. The van der Waals surface area contributed by atoms with Crippen LogP contribution in [0.1, 0.15) is 10.4 Å². The van der Waals surface area contributed by atoms with E-state index in [9.17, 15) is 14.1 Å². The summed E-state index contributed by atoms with van der Waals surface area (Å²) in [5.41, 5.74) is 5.23. The van der Waals surface area contributed by atoms with Gasteiger partial charge in [0.15, 0.2) is 11.4 Å². The first-order valence-electron chi connectivity index (χ1n) is 3.82. The molecule has 0 aliphatic carbocycles. The number of hydrogen-bond acceptors (Lipinski definition) is 4. The quantitative estimate of drug-likeness (QED) is 0.653. The summed E-state index contributed by atoms with van der Waals surface area (Å²) in [6.07, 6.45) is 0. The van der Waals surface area contributed by atoms with Crippen LogP contribution >= 0.6 is 0 Å². The Labute approximate surface area is 88.4 Å². The van der Waals surface area contributed by atoms with Crippen molar-refractivity contribution in [3.63, 3.8) is 0 Å². The van der Waals surface area contributed by atoms with E-state index in [0.29, 0.717) is 5.69 Å². The second-order valence-electron chi connectivity index (χ2n) is 2.57. The highest BCUT2D eigenvalue weighted by Gasteiger charge is 2.14. The number of carbonyl (C=O) groups is 2. The number of aromatic carboxylic acids is 1. The van der Waals surface area contributed by atoms with Gasteiger partial charge in [0.1, 0.15) is 0 Å². The molecule has 0 saturated heterocycles. The molecule has 1 amide bonds. The van der Waals surface area contributed by atoms with Gasteiger partial charge in [0.05, 0.1) is 11.3 Å². The monoisotopic (exact) mass is 228 g/mol. The summed E-state index contributed by atoms with van der Waals surface area (Å²) in [5.74, 6) is -1.06. The van der Waals surface area contributed by atoms with Crippen molar-refractivity contribution in [3.8, 4) is 0 Å². The maximum absolute atomic E-state index is 10.9. The van der Waals surface area contributed by atoms with Crippen LogP contribution in [0.2, 0.25) is 0 Å². The topological polar surface area (TPSA) is 115 Å². The van der Waals surface area contributed by atoms with Crippen LogP contribution < -0.4 is 10.5 Å². The Kier molecular flexibility index (Phi) is 3.53. The molecule has 1 atom stereocenters. The molecule has 1 aromatic carbocycles. The van der Waals surface area contributed by atoms with Crippen LogP contribution in [0.4, 0.5) is 10.5 Å². The number of amides is 1. The molecule has 4 N–H and O–H groups in total. The van der Waals surface area contributed by atoms with E-state index in [-0.39, 0.29) is 5.56 Å². The third-order valence-corrected chi connectivity index (χ3v) is 2.31. The van der Waals surface area contributed by atoms with Gasteiger partial charge in [-0.2, -0.15) is 4.72 Å². The van der Waals surface area contributed by atoms with E-state index in [0.717, 1.165) is 0 Å². The zero-order valence-corrected chi connectivity index (χ0v) is 8.28. The highest BCUT2D eigenvalue weighted by molar-refractivity contribution is 8.07. The summed E-state index contributed by atoms with van der Waals surface area (Å²) < 4.78 is 13.3. The summed E-state index contributed by atoms with van der Waals surface area (Å²) >= 11 is -2.00. The van der Waals surface area contributed by atoms with Gasteiger partial charge < -0.3 is 15.4 Å². The minimum atomic E-state index is -2.00. The Morgan fingerprint density at radius 1 is 1.33 bits per heavy atom. The van der Waals surface area contributed by atoms with Crippen molar-refractivity contribution in [1.29, 1.82) is 0 Å². The maximum atomic E-state index is 10.9. The summed E-state index contributed by atoms with van der Waals surface area (Å²) in [6.45, 7) is 0. The predicted molar refractivity (Wildman–Crippen MR) is 54.7 cm³/mol. The van der Waals surface area contributed by atoms with E-state index in [1.54, 1.807) is 0 Å². The first-order valence-corrected chi connectivity index (χ1v) is 4.97. The van der Waals surface area contributed by atoms with Gasteiger partial charge in [-0.3, -0.25) is 0 Å². The number of benzene rings is 1. The van der Waals surface area contributed by atoms with Crippen molar-refractivity contribution in [2.24, 2.45) is 5.73 Å². The van der Waals surface area contributed by atoms with E-state index < -0.39 is 22.6 Å². The molecule has 0 fully saturated rings. The summed E-state index contributed by atoms with van der Waals surface area (Å²) in [4.78, 5) is 20.9. The van der Waals surface area contributed by atoms with Crippen molar-refractivity contribution < 1.29 is 19.2 Å². The Hall–Kier alpha value is -1.73. The lowest BCUT2D eigenvalue weighted by molar-refractivity contribution is 0.0697. The summed E-state index contributed by atoms with van der Waals surface area (Å²) in [7, 11) is 0. The van der Waals surface area contributed by atoms with Crippen LogP contribution in [-0.2, 0) is 11.4 Å². The molecule has 6 nitrogen and oxygen atoms in total. The number of carbonyl (C=O) groups excluding carboxylic acids is 1. The fourth-order valence-electron chi connectivity index (χ4n) is 0.838. The molecule has 1 aromatic rings. The van der Waals surface area contributed by atoms with Crippen molar-refractivity contribution in [2.75, 3.05) is 4.72 Å². The number of rotatable bonds is 3. The number of nitrogens with one attached hydrogen (secondary N) is 1. The van der Waals surface area contributed by atoms with Gasteiger partial charge in [-0.05, 0) is 24.3 Å². The molecule has 7 heteroatoms. The smallest absolute Gasteiger partial charge is 0.451 e. The maximum Gasteiger partial charge on any atom is 0.451 e. The van der Waals surface area contributed by atoms with Crippen molar-refractivity contribution in [3.05, 3.63) is 29.8 Å². The largest absolute Gasteiger partial charge is 0.584 e. The molecule has 1 rings (SSSR count). The fourth-order valence-corrected chi connectivity index (χ4v) is 1.29. The third kappa shape index (κ3) is 3.15. The van der Waals surface area contributed by atoms with Gasteiger partial charge >= 0.3 is 11.2 Å². The molecule has 0 aliphatic heterocycles.